The summed E-state index contributed by atoms with van der Waals surface area (Å²) >= 11 is 0. The fraction of sp³-hybridized carbons (Fsp3) is 0.0800. The molecule has 0 aliphatic rings. The number of benzene rings is 3. The van der Waals surface area contributed by atoms with Gasteiger partial charge in [0.05, 0.1) is 9.79 Å². The number of rotatable bonds is 9. The second kappa shape index (κ2) is 10.4. The monoisotopic (exact) mass is 434 g/mol. The van der Waals surface area contributed by atoms with Crippen molar-refractivity contribution in [1.82, 2.24) is 0 Å². The van der Waals surface area contributed by atoms with Gasteiger partial charge >= 0.3 is 5.97 Å². The molecule has 0 spiro atoms. The first-order valence-electron chi connectivity index (χ1n) is 9.59. The lowest BCUT2D eigenvalue weighted by Crippen LogP contribution is -2.10. The van der Waals surface area contributed by atoms with Crippen molar-refractivity contribution < 1.29 is 22.7 Å². The molecule has 0 bridgehead atoms. The van der Waals surface area contributed by atoms with Crippen molar-refractivity contribution in [2.45, 2.75) is 9.79 Å². The summed E-state index contributed by atoms with van der Waals surface area (Å²) in [7, 11) is -3.51. The highest BCUT2D eigenvalue weighted by Crippen LogP contribution is 2.21. The molecular formula is C25H22O5S. The Morgan fingerprint density at radius 1 is 0.774 bits per heavy atom. The molecule has 0 aliphatic carbocycles. The van der Waals surface area contributed by atoms with Crippen molar-refractivity contribution in [3.63, 3.8) is 0 Å². The summed E-state index contributed by atoms with van der Waals surface area (Å²) < 4.78 is 35.6. The van der Waals surface area contributed by atoms with Crippen molar-refractivity contribution in [2.24, 2.45) is 0 Å². The summed E-state index contributed by atoms with van der Waals surface area (Å²) in [5.74, 6) is 0.192. The molecule has 3 aromatic carbocycles. The zero-order valence-electron chi connectivity index (χ0n) is 16.8. The number of carbonyl (C=O) groups is 1. The summed E-state index contributed by atoms with van der Waals surface area (Å²) in [6, 6.07) is 22.6. The van der Waals surface area contributed by atoms with Crippen LogP contribution in [-0.2, 0) is 19.4 Å². The van der Waals surface area contributed by atoms with Crippen molar-refractivity contribution in [1.29, 1.82) is 0 Å². The quantitative estimate of drug-likeness (QED) is 0.209. The first kappa shape index (κ1) is 22.1. The lowest BCUT2D eigenvalue weighted by atomic mass is 10.1. The van der Waals surface area contributed by atoms with Crippen molar-refractivity contribution in [3.8, 4) is 5.75 Å². The second-order valence-electron chi connectivity index (χ2n) is 6.51. The van der Waals surface area contributed by atoms with E-state index in [0.717, 1.165) is 17.2 Å². The van der Waals surface area contributed by atoms with Gasteiger partial charge in [0.1, 0.15) is 19.0 Å². The van der Waals surface area contributed by atoms with E-state index in [9.17, 15) is 13.2 Å². The lowest BCUT2D eigenvalue weighted by Gasteiger charge is -2.06. The van der Waals surface area contributed by atoms with Gasteiger partial charge in [0.25, 0.3) is 0 Å². The minimum Gasteiger partial charge on any atom is -0.490 e. The van der Waals surface area contributed by atoms with Crippen LogP contribution in [0.2, 0.25) is 0 Å². The highest BCUT2D eigenvalue weighted by molar-refractivity contribution is 7.91. The smallest absolute Gasteiger partial charge is 0.330 e. The Bertz CT molecular complexity index is 1150. The molecule has 0 aliphatic heterocycles. The van der Waals surface area contributed by atoms with Crippen molar-refractivity contribution in [3.05, 3.63) is 103 Å². The van der Waals surface area contributed by atoms with Crippen LogP contribution >= 0.6 is 0 Å². The van der Waals surface area contributed by atoms with E-state index in [4.69, 9.17) is 9.47 Å². The number of esters is 1. The van der Waals surface area contributed by atoms with Gasteiger partial charge in [0.15, 0.2) is 0 Å². The van der Waals surface area contributed by atoms with Crippen LogP contribution in [0.4, 0.5) is 0 Å². The summed E-state index contributed by atoms with van der Waals surface area (Å²) in [5, 5.41) is 0. The maximum absolute atomic E-state index is 12.6. The number of sulfone groups is 1. The SMILES string of the molecule is C=CC(=O)OCCOc1ccc(C=Cc2ccc(S(=O)(=O)c3ccccc3)cc2)cc1. The molecule has 5 nitrogen and oxygen atoms in total. The molecule has 0 heterocycles. The van der Waals surface area contributed by atoms with E-state index in [-0.39, 0.29) is 23.0 Å². The maximum Gasteiger partial charge on any atom is 0.330 e. The van der Waals surface area contributed by atoms with Crippen LogP contribution < -0.4 is 4.74 Å². The molecule has 0 saturated heterocycles. The summed E-state index contributed by atoms with van der Waals surface area (Å²) in [6.07, 6.45) is 4.94. The third-order valence-electron chi connectivity index (χ3n) is 4.36. The zero-order chi connectivity index (χ0) is 22.1. The summed E-state index contributed by atoms with van der Waals surface area (Å²) in [6.45, 7) is 3.74. The normalized spacial score (nSPS) is 11.2. The molecule has 6 heteroatoms. The molecule has 0 saturated carbocycles. The number of carbonyl (C=O) groups excluding carboxylic acids is 1. The average molecular weight is 435 g/mol. The fourth-order valence-electron chi connectivity index (χ4n) is 2.72. The topological polar surface area (TPSA) is 69.7 Å². The second-order valence-corrected chi connectivity index (χ2v) is 8.46. The molecule has 31 heavy (non-hydrogen) atoms. The van der Waals surface area contributed by atoms with Crippen LogP contribution in [0.5, 0.6) is 5.75 Å². The van der Waals surface area contributed by atoms with Gasteiger partial charge in [-0.2, -0.15) is 0 Å². The minimum absolute atomic E-state index is 0.155. The Labute approximate surface area is 182 Å². The summed E-state index contributed by atoms with van der Waals surface area (Å²) in [5.41, 5.74) is 1.85. The van der Waals surface area contributed by atoms with Gasteiger partial charge < -0.3 is 9.47 Å². The molecule has 0 aromatic heterocycles. The van der Waals surface area contributed by atoms with Gasteiger partial charge in [-0.05, 0) is 47.5 Å². The van der Waals surface area contributed by atoms with Gasteiger partial charge in [0.2, 0.25) is 9.84 Å². The predicted molar refractivity (Wildman–Crippen MR) is 120 cm³/mol. The minimum atomic E-state index is -3.51. The van der Waals surface area contributed by atoms with E-state index in [1.54, 1.807) is 54.6 Å². The van der Waals surface area contributed by atoms with E-state index >= 15 is 0 Å². The largest absolute Gasteiger partial charge is 0.490 e. The Balaban J connectivity index is 1.58. The molecule has 0 N–H and O–H groups in total. The highest BCUT2D eigenvalue weighted by Gasteiger charge is 2.16. The first-order chi connectivity index (χ1) is 15.0. The van der Waals surface area contributed by atoms with E-state index in [2.05, 4.69) is 6.58 Å². The lowest BCUT2D eigenvalue weighted by molar-refractivity contribution is -0.138. The van der Waals surface area contributed by atoms with Crippen LogP contribution in [0.25, 0.3) is 12.2 Å². The van der Waals surface area contributed by atoms with Gasteiger partial charge in [-0.15, -0.1) is 0 Å². The summed E-state index contributed by atoms with van der Waals surface area (Å²) in [4.78, 5) is 11.5. The molecule has 0 radical (unpaired) electrons. The van der Waals surface area contributed by atoms with Crippen molar-refractivity contribution in [2.75, 3.05) is 13.2 Å². The third-order valence-corrected chi connectivity index (χ3v) is 6.14. The molecule has 3 rings (SSSR count). The molecule has 0 amide bonds. The Hall–Kier alpha value is -3.64. The van der Waals surface area contributed by atoms with E-state index in [1.807, 2.05) is 36.4 Å². The van der Waals surface area contributed by atoms with Gasteiger partial charge in [-0.25, -0.2) is 13.2 Å². The fourth-order valence-corrected chi connectivity index (χ4v) is 4.00. The number of hydrogen-bond donors (Lipinski definition) is 0. The predicted octanol–water partition coefficient (Wildman–Crippen LogP) is 4.80. The highest BCUT2D eigenvalue weighted by atomic mass is 32.2. The van der Waals surface area contributed by atoms with E-state index < -0.39 is 15.8 Å². The molecule has 0 fully saturated rings. The number of hydrogen-bond acceptors (Lipinski definition) is 5. The third kappa shape index (κ3) is 6.17. The Morgan fingerprint density at radius 2 is 1.32 bits per heavy atom. The van der Waals surface area contributed by atoms with Crippen LogP contribution in [0.1, 0.15) is 11.1 Å². The zero-order valence-corrected chi connectivity index (χ0v) is 17.6. The van der Waals surface area contributed by atoms with E-state index in [1.165, 1.54) is 0 Å². The van der Waals surface area contributed by atoms with Crippen LogP contribution in [0.3, 0.4) is 0 Å². The van der Waals surface area contributed by atoms with Crippen LogP contribution in [-0.4, -0.2) is 27.6 Å². The van der Waals surface area contributed by atoms with Gasteiger partial charge in [0, 0.05) is 6.08 Å². The average Bonchev–Trinajstić information content (AvgIpc) is 2.82. The molecule has 0 atom stereocenters. The molecule has 158 valence electrons. The van der Waals surface area contributed by atoms with Gasteiger partial charge in [-0.1, -0.05) is 61.2 Å². The molecule has 3 aromatic rings. The van der Waals surface area contributed by atoms with Crippen LogP contribution in [0, 0.1) is 0 Å². The van der Waals surface area contributed by atoms with E-state index in [0.29, 0.717) is 5.75 Å². The maximum atomic E-state index is 12.6. The first-order valence-corrected chi connectivity index (χ1v) is 11.1. The number of ether oxygens (including phenoxy) is 2. The Morgan fingerprint density at radius 3 is 1.90 bits per heavy atom. The molecule has 0 unspecified atom stereocenters. The van der Waals surface area contributed by atoms with Gasteiger partial charge in [-0.3, -0.25) is 0 Å². The molecular weight excluding hydrogens is 412 g/mol. The standard InChI is InChI=1S/C25H22O5S/c1-2-25(26)30-19-18-29-22-14-10-20(11-15-22)8-9-21-12-16-24(17-13-21)31(27,28)23-6-4-3-5-7-23/h2-17H,1,18-19H2. The van der Waals surface area contributed by atoms with Crippen molar-refractivity contribution >= 4 is 28.0 Å². The van der Waals surface area contributed by atoms with Crippen LogP contribution in [0.15, 0.2) is 101 Å². The Kier molecular flexibility index (Phi) is 7.40.